The van der Waals surface area contributed by atoms with E-state index in [0.29, 0.717) is 6.54 Å². The monoisotopic (exact) mass is 304 g/mol. The number of aryl methyl sites for hydroxylation is 1. The summed E-state index contributed by atoms with van der Waals surface area (Å²) in [5, 5.41) is 3.20. The molecule has 1 amide bonds. The molecule has 1 fully saturated rings. The average Bonchev–Trinajstić information content (AvgIpc) is 2.55. The van der Waals surface area contributed by atoms with Gasteiger partial charge in [-0.05, 0) is 42.5 Å². The molecule has 5 heteroatoms. The molecule has 120 valence electrons. The highest BCUT2D eigenvalue weighted by atomic mass is 16.5. The largest absolute Gasteiger partial charge is 0.497 e. The number of methoxy groups -OCH3 is 1. The molecule has 1 heterocycles. The fourth-order valence-electron chi connectivity index (χ4n) is 3.27. The van der Waals surface area contributed by atoms with E-state index in [9.17, 15) is 4.79 Å². The zero-order valence-electron chi connectivity index (χ0n) is 13.1. The number of fused-ring (bicyclic) bond motifs is 1. The van der Waals surface area contributed by atoms with E-state index in [-0.39, 0.29) is 11.9 Å². The summed E-state index contributed by atoms with van der Waals surface area (Å²) in [5.74, 6) is 0.995. The van der Waals surface area contributed by atoms with E-state index in [4.69, 9.17) is 9.47 Å². The molecule has 1 aliphatic carbocycles. The molecule has 22 heavy (non-hydrogen) atoms. The van der Waals surface area contributed by atoms with Gasteiger partial charge in [0.1, 0.15) is 5.75 Å². The zero-order valence-corrected chi connectivity index (χ0v) is 13.1. The Morgan fingerprint density at radius 2 is 2.23 bits per heavy atom. The second-order valence-corrected chi connectivity index (χ2v) is 5.97. The lowest BCUT2D eigenvalue weighted by Crippen LogP contribution is -2.44. The van der Waals surface area contributed by atoms with E-state index in [1.54, 1.807) is 7.11 Å². The summed E-state index contributed by atoms with van der Waals surface area (Å²) in [5.41, 5.74) is 2.53. The first-order chi connectivity index (χ1) is 10.8. The summed E-state index contributed by atoms with van der Waals surface area (Å²) in [7, 11) is 1.69. The van der Waals surface area contributed by atoms with Crippen LogP contribution in [-0.4, -0.2) is 50.8 Å². The first-order valence-corrected chi connectivity index (χ1v) is 8.02. The third-order valence-corrected chi connectivity index (χ3v) is 4.47. The topological polar surface area (TPSA) is 50.8 Å². The lowest BCUT2D eigenvalue weighted by Gasteiger charge is -2.29. The van der Waals surface area contributed by atoms with Gasteiger partial charge in [0, 0.05) is 13.1 Å². The van der Waals surface area contributed by atoms with Crippen LogP contribution in [0.15, 0.2) is 18.2 Å². The Hall–Kier alpha value is -1.59. The lowest BCUT2D eigenvalue weighted by molar-refractivity contribution is -0.124. The molecular weight excluding hydrogens is 280 g/mol. The maximum Gasteiger partial charge on any atom is 0.234 e. The number of morpholine rings is 1. The molecule has 0 radical (unpaired) electrons. The number of ether oxygens (including phenoxy) is 2. The fraction of sp³-hybridized carbons (Fsp3) is 0.588. The van der Waals surface area contributed by atoms with Gasteiger partial charge in [0.05, 0.1) is 32.9 Å². The fourth-order valence-corrected chi connectivity index (χ4v) is 3.27. The number of nitrogens with zero attached hydrogens (tertiary/aromatic N) is 1. The number of carbonyl (C=O) groups is 1. The molecule has 0 bridgehead atoms. The number of hydrogen-bond donors (Lipinski definition) is 1. The van der Waals surface area contributed by atoms with Crippen LogP contribution in [0.4, 0.5) is 0 Å². The molecule has 1 aromatic rings. The van der Waals surface area contributed by atoms with Crippen molar-refractivity contribution in [2.75, 3.05) is 40.0 Å². The minimum absolute atomic E-state index is 0.107. The van der Waals surface area contributed by atoms with Crippen molar-refractivity contribution < 1.29 is 14.3 Å². The Morgan fingerprint density at radius 3 is 3.00 bits per heavy atom. The molecule has 0 saturated carbocycles. The zero-order chi connectivity index (χ0) is 15.4. The number of amides is 1. The maximum absolute atomic E-state index is 12.3. The molecule has 2 aliphatic rings. The molecule has 1 N–H and O–H groups in total. The number of hydrogen-bond acceptors (Lipinski definition) is 4. The predicted molar refractivity (Wildman–Crippen MR) is 84.1 cm³/mol. The molecule has 0 unspecified atom stereocenters. The van der Waals surface area contributed by atoms with Crippen LogP contribution in [0.25, 0.3) is 0 Å². The van der Waals surface area contributed by atoms with Crippen LogP contribution in [-0.2, 0) is 16.0 Å². The Morgan fingerprint density at radius 1 is 1.41 bits per heavy atom. The van der Waals surface area contributed by atoms with Crippen molar-refractivity contribution in [3.8, 4) is 5.75 Å². The van der Waals surface area contributed by atoms with Crippen LogP contribution < -0.4 is 10.1 Å². The molecule has 3 rings (SSSR count). The third kappa shape index (κ3) is 3.59. The van der Waals surface area contributed by atoms with E-state index in [2.05, 4.69) is 22.3 Å². The maximum atomic E-state index is 12.3. The highest BCUT2D eigenvalue weighted by Crippen LogP contribution is 2.32. The van der Waals surface area contributed by atoms with E-state index in [1.165, 1.54) is 11.1 Å². The minimum atomic E-state index is 0.107. The summed E-state index contributed by atoms with van der Waals surface area (Å²) in [6, 6.07) is 6.29. The van der Waals surface area contributed by atoms with Gasteiger partial charge in [-0.2, -0.15) is 0 Å². The van der Waals surface area contributed by atoms with Gasteiger partial charge in [0.15, 0.2) is 0 Å². The van der Waals surface area contributed by atoms with Crippen molar-refractivity contribution in [3.63, 3.8) is 0 Å². The Labute approximate surface area is 131 Å². The standard InChI is InChI=1S/C17H24N2O3/c1-21-14-5-6-15-13(11-14)3-2-4-16(15)18-17(20)12-19-7-9-22-10-8-19/h5-6,11,16H,2-4,7-10,12H2,1H3,(H,18,20)/t16-/m1/s1. The summed E-state index contributed by atoms with van der Waals surface area (Å²) in [6.07, 6.45) is 3.17. The molecule has 1 saturated heterocycles. The second-order valence-electron chi connectivity index (χ2n) is 5.97. The quantitative estimate of drug-likeness (QED) is 0.916. The van der Waals surface area contributed by atoms with E-state index in [0.717, 1.165) is 51.3 Å². The highest BCUT2D eigenvalue weighted by molar-refractivity contribution is 5.78. The number of carbonyl (C=O) groups excluding carboxylic acids is 1. The van der Waals surface area contributed by atoms with Gasteiger partial charge >= 0.3 is 0 Å². The van der Waals surface area contributed by atoms with Crippen LogP contribution in [0.2, 0.25) is 0 Å². The Kier molecular flexibility index (Phi) is 4.95. The molecule has 1 aliphatic heterocycles. The van der Waals surface area contributed by atoms with Gasteiger partial charge in [-0.3, -0.25) is 9.69 Å². The van der Waals surface area contributed by atoms with Crippen molar-refractivity contribution in [3.05, 3.63) is 29.3 Å². The molecular formula is C17H24N2O3. The minimum Gasteiger partial charge on any atom is -0.497 e. The number of rotatable bonds is 4. The Bertz CT molecular complexity index is 527. The average molecular weight is 304 g/mol. The van der Waals surface area contributed by atoms with Crippen LogP contribution in [0.5, 0.6) is 5.75 Å². The number of nitrogens with one attached hydrogen (secondary N) is 1. The van der Waals surface area contributed by atoms with Crippen LogP contribution in [0, 0.1) is 0 Å². The summed E-state index contributed by atoms with van der Waals surface area (Å²) in [6.45, 7) is 3.59. The van der Waals surface area contributed by atoms with Gasteiger partial charge < -0.3 is 14.8 Å². The van der Waals surface area contributed by atoms with Gasteiger partial charge in [-0.25, -0.2) is 0 Å². The van der Waals surface area contributed by atoms with Crippen LogP contribution in [0.3, 0.4) is 0 Å². The smallest absolute Gasteiger partial charge is 0.234 e. The van der Waals surface area contributed by atoms with E-state index < -0.39 is 0 Å². The van der Waals surface area contributed by atoms with Gasteiger partial charge in [-0.1, -0.05) is 6.07 Å². The van der Waals surface area contributed by atoms with E-state index >= 15 is 0 Å². The molecule has 0 aromatic heterocycles. The van der Waals surface area contributed by atoms with Crippen LogP contribution >= 0.6 is 0 Å². The molecule has 1 aromatic carbocycles. The van der Waals surface area contributed by atoms with Gasteiger partial charge in [0.25, 0.3) is 0 Å². The predicted octanol–water partition coefficient (Wildman–Crippen LogP) is 1.52. The Balaban J connectivity index is 1.62. The van der Waals surface area contributed by atoms with Gasteiger partial charge in [0.2, 0.25) is 5.91 Å². The first-order valence-electron chi connectivity index (χ1n) is 8.02. The van der Waals surface area contributed by atoms with Crippen molar-refractivity contribution in [1.82, 2.24) is 10.2 Å². The summed E-state index contributed by atoms with van der Waals surface area (Å²) < 4.78 is 10.6. The molecule has 0 spiro atoms. The SMILES string of the molecule is COc1ccc2c(c1)CCC[C@H]2NC(=O)CN1CCOCC1. The molecule has 1 atom stereocenters. The highest BCUT2D eigenvalue weighted by Gasteiger charge is 2.23. The van der Waals surface area contributed by atoms with Crippen molar-refractivity contribution in [1.29, 1.82) is 0 Å². The van der Waals surface area contributed by atoms with E-state index in [1.807, 2.05) is 6.07 Å². The first kappa shape index (κ1) is 15.3. The third-order valence-electron chi connectivity index (χ3n) is 4.47. The van der Waals surface area contributed by atoms with Crippen molar-refractivity contribution in [2.45, 2.75) is 25.3 Å². The molecule has 5 nitrogen and oxygen atoms in total. The second kappa shape index (κ2) is 7.11. The van der Waals surface area contributed by atoms with Crippen molar-refractivity contribution >= 4 is 5.91 Å². The summed E-state index contributed by atoms with van der Waals surface area (Å²) >= 11 is 0. The van der Waals surface area contributed by atoms with Crippen LogP contribution in [0.1, 0.15) is 30.0 Å². The van der Waals surface area contributed by atoms with Crippen molar-refractivity contribution in [2.24, 2.45) is 0 Å². The normalized spacial score (nSPS) is 22.0. The van der Waals surface area contributed by atoms with Gasteiger partial charge in [-0.15, -0.1) is 0 Å². The lowest BCUT2D eigenvalue weighted by atomic mass is 9.87. The number of benzene rings is 1. The summed E-state index contributed by atoms with van der Waals surface area (Å²) in [4.78, 5) is 14.4.